The summed E-state index contributed by atoms with van der Waals surface area (Å²) in [4.78, 5) is 2.44. The van der Waals surface area contributed by atoms with Crippen molar-refractivity contribution in [2.24, 2.45) is 0 Å². The molecule has 0 aliphatic carbocycles. The Labute approximate surface area is 107 Å². The summed E-state index contributed by atoms with van der Waals surface area (Å²) in [5, 5.41) is 9.67. The molecule has 2 aliphatic heterocycles. The van der Waals surface area contributed by atoms with Crippen molar-refractivity contribution in [2.75, 3.05) is 26.3 Å². The maximum absolute atomic E-state index is 9.67. The number of hydrogen-bond donors (Lipinski definition) is 1. The quantitative estimate of drug-likeness (QED) is 0.826. The van der Waals surface area contributed by atoms with E-state index < -0.39 is 0 Å². The molecule has 0 saturated carbocycles. The molecule has 1 fully saturated rings. The van der Waals surface area contributed by atoms with Gasteiger partial charge in [0.1, 0.15) is 17.6 Å². The maximum Gasteiger partial charge on any atom is 0.125 e. The molecular formula is C14H19NO3. The first kappa shape index (κ1) is 11.8. The van der Waals surface area contributed by atoms with Crippen LogP contribution in [0.15, 0.2) is 18.2 Å². The molecule has 0 radical (unpaired) electrons. The summed E-state index contributed by atoms with van der Waals surface area (Å²) >= 11 is 0. The number of fused-ring (bicyclic) bond motifs is 3. The molecule has 1 saturated heterocycles. The summed E-state index contributed by atoms with van der Waals surface area (Å²) < 4.78 is 11.7. The Morgan fingerprint density at radius 3 is 3.11 bits per heavy atom. The highest BCUT2D eigenvalue weighted by molar-refractivity contribution is 5.42. The number of rotatable bonds is 1. The predicted octanol–water partition coefficient (Wildman–Crippen LogP) is 1.94. The van der Waals surface area contributed by atoms with Crippen LogP contribution in [0.3, 0.4) is 0 Å². The fourth-order valence-corrected chi connectivity index (χ4v) is 2.97. The molecule has 2 aliphatic rings. The second kappa shape index (κ2) is 4.78. The van der Waals surface area contributed by atoms with Crippen molar-refractivity contribution in [1.82, 2.24) is 4.90 Å². The van der Waals surface area contributed by atoms with Crippen molar-refractivity contribution < 1.29 is 14.6 Å². The largest absolute Gasteiger partial charge is 0.508 e. The molecule has 0 aromatic heterocycles. The average molecular weight is 249 g/mol. The van der Waals surface area contributed by atoms with Gasteiger partial charge in [-0.05, 0) is 31.2 Å². The molecule has 0 spiro atoms. The number of nitrogens with zero attached hydrogens (tertiary/aromatic N) is 1. The van der Waals surface area contributed by atoms with Crippen LogP contribution in [0.1, 0.15) is 25.0 Å². The van der Waals surface area contributed by atoms with Crippen LogP contribution in [-0.4, -0.2) is 42.4 Å². The van der Waals surface area contributed by atoms with E-state index in [1.165, 1.54) is 0 Å². The van der Waals surface area contributed by atoms with Crippen LogP contribution in [0, 0.1) is 0 Å². The minimum Gasteiger partial charge on any atom is -0.508 e. The highest BCUT2D eigenvalue weighted by atomic mass is 16.5. The van der Waals surface area contributed by atoms with Gasteiger partial charge in [0.05, 0.1) is 13.2 Å². The first-order valence-electron chi connectivity index (χ1n) is 6.61. The molecule has 4 nitrogen and oxygen atoms in total. The van der Waals surface area contributed by atoms with Crippen molar-refractivity contribution in [3.8, 4) is 11.5 Å². The van der Waals surface area contributed by atoms with Crippen LogP contribution < -0.4 is 4.74 Å². The number of aromatic hydroxyl groups is 1. The minimum atomic E-state index is 0.0169. The lowest BCUT2D eigenvalue weighted by molar-refractivity contribution is -0.0725. The first-order chi connectivity index (χ1) is 8.79. The molecule has 1 aromatic carbocycles. The lowest BCUT2D eigenvalue weighted by atomic mass is 9.97. The Balaban J connectivity index is 1.99. The van der Waals surface area contributed by atoms with Gasteiger partial charge in [0.15, 0.2) is 0 Å². The molecule has 18 heavy (non-hydrogen) atoms. The standard InChI is InChI=1S/C14H19NO3/c1-2-15-6-8-18-14-11-9-10(16)3-4-13(11)17-7-5-12(14)15/h3-4,9,12,14,16H,2,5-8H2,1H3. The van der Waals surface area contributed by atoms with Gasteiger partial charge in [0.2, 0.25) is 0 Å². The smallest absolute Gasteiger partial charge is 0.125 e. The Morgan fingerprint density at radius 2 is 2.28 bits per heavy atom. The third-order valence-corrected chi connectivity index (χ3v) is 3.87. The van der Waals surface area contributed by atoms with E-state index in [1.54, 1.807) is 12.1 Å². The normalized spacial score (nSPS) is 27.8. The summed E-state index contributed by atoms with van der Waals surface area (Å²) in [6.07, 6.45) is 0.983. The van der Waals surface area contributed by atoms with Crippen molar-refractivity contribution >= 4 is 0 Å². The fraction of sp³-hybridized carbons (Fsp3) is 0.571. The number of hydrogen-bond acceptors (Lipinski definition) is 4. The number of phenolic OH excluding ortho intramolecular Hbond substituents is 1. The van der Waals surface area contributed by atoms with E-state index in [2.05, 4.69) is 11.8 Å². The van der Waals surface area contributed by atoms with Crippen molar-refractivity contribution in [2.45, 2.75) is 25.5 Å². The lowest BCUT2D eigenvalue weighted by Crippen LogP contribution is -2.46. The van der Waals surface area contributed by atoms with Crippen molar-refractivity contribution in [3.63, 3.8) is 0 Å². The first-order valence-corrected chi connectivity index (χ1v) is 6.61. The van der Waals surface area contributed by atoms with Gasteiger partial charge >= 0.3 is 0 Å². The predicted molar refractivity (Wildman–Crippen MR) is 67.9 cm³/mol. The van der Waals surface area contributed by atoms with Crippen LogP contribution in [-0.2, 0) is 4.74 Å². The second-order valence-electron chi connectivity index (χ2n) is 4.85. The van der Waals surface area contributed by atoms with E-state index in [4.69, 9.17) is 9.47 Å². The van der Waals surface area contributed by atoms with Crippen LogP contribution in [0.5, 0.6) is 11.5 Å². The van der Waals surface area contributed by atoms with E-state index >= 15 is 0 Å². The van der Waals surface area contributed by atoms with E-state index in [-0.39, 0.29) is 11.9 Å². The number of morpholine rings is 1. The molecule has 2 unspecified atom stereocenters. The van der Waals surface area contributed by atoms with E-state index in [0.717, 1.165) is 37.4 Å². The van der Waals surface area contributed by atoms with Crippen LogP contribution >= 0.6 is 0 Å². The Kier molecular flexibility index (Phi) is 3.14. The zero-order chi connectivity index (χ0) is 12.5. The van der Waals surface area contributed by atoms with Gasteiger partial charge in [0, 0.05) is 18.2 Å². The number of ether oxygens (including phenoxy) is 2. The van der Waals surface area contributed by atoms with E-state index in [1.807, 2.05) is 6.07 Å². The van der Waals surface area contributed by atoms with Gasteiger partial charge < -0.3 is 14.6 Å². The zero-order valence-electron chi connectivity index (χ0n) is 10.6. The summed E-state index contributed by atoms with van der Waals surface area (Å²) in [5.41, 5.74) is 0.982. The lowest BCUT2D eigenvalue weighted by Gasteiger charge is -2.39. The van der Waals surface area contributed by atoms with Crippen molar-refractivity contribution in [3.05, 3.63) is 23.8 Å². The highest BCUT2D eigenvalue weighted by Gasteiger charge is 2.36. The van der Waals surface area contributed by atoms with Gasteiger partial charge in [-0.3, -0.25) is 4.90 Å². The SMILES string of the molecule is CCN1CCOC2c3cc(O)ccc3OCCC21. The maximum atomic E-state index is 9.67. The third kappa shape index (κ3) is 1.95. The van der Waals surface area contributed by atoms with Gasteiger partial charge in [0.25, 0.3) is 0 Å². The molecule has 4 heteroatoms. The number of phenols is 1. The Hall–Kier alpha value is -1.26. The molecule has 0 bridgehead atoms. The third-order valence-electron chi connectivity index (χ3n) is 3.87. The van der Waals surface area contributed by atoms with Gasteiger partial charge in [-0.1, -0.05) is 6.92 Å². The second-order valence-corrected chi connectivity index (χ2v) is 4.85. The summed E-state index contributed by atoms with van der Waals surface area (Å²) in [6.45, 7) is 5.63. The van der Waals surface area contributed by atoms with Crippen LogP contribution in [0.4, 0.5) is 0 Å². The zero-order valence-corrected chi connectivity index (χ0v) is 10.6. The topological polar surface area (TPSA) is 41.9 Å². The van der Waals surface area contributed by atoms with Crippen LogP contribution in [0.2, 0.25) is 0 Å². The average Bonchev–Trinajstić information content (AvgIpc) is 2.57. The monoisotopic (exact) mass is 249 g/mol. The number of likely N-dealkylation sites (N-methyl/N-ethyl adjacent to an activating group) is 1. The molecule has 2 atom stereocenters. The Morgan fingerprint density at radius 1 is 1.39 bits per heavy atom. The molecule has 98 valence electrons. The minimum absolute atomic E-state index is 0.0169. The molecule has 1 N–H and O–H groups in total. The van der Waals surface area contributed by atoms with Gasteiger partial charge in [-0.25, -0.2) is 0 Å². The Bertz CT molecular complexity index is 435. The molecule has 0 amide bonds. The van der Waals surface area contributed by atoms with E-state index in [0.29, 0.717) is 12.6 Å². The molecule has 3 rings (SSSR count). The molecule has 1 aromatic rings. The number of benzene rings is 1. The summed E-state index contributed by atoms with van der Waals surface area (Å²) in [6, 6.07) is 5.63. The molecular weight excluding hydrogens is 230 g/mol. The fourth-order valence-electron chi connectivity index (χ4n) is 2.97. The molecule has 2 heterocycles. The highest BCUT2D eigenvalue weighted by Crippen LogP contribution is 2.39. The van der Waals surface area contributed by atoms with Gasteiger partial charge in [-0.2, -0.15) is 0 Å². The van der Waals surface area contributed by atoms with E-state index in [9.17, 15) is 5.11 Å². The van der Waals surface area contributed by atoms with Gasteiger partial charge in [-0.15, -0.1) is 0 Å². The summed E-state index contributed by atoms with van der Waals surface area (Å²) in [7, 11) is 0. The van der Waals surface area contributed by atoms with Crippen molar-refractivity contribution in [1.29, 1.82) is 0 Å². The summed E-state index contributed by atoms with van der Waals surface area (Å²) in [5.74, 6) is 1.12. The van der Waals surface area contributed by atoms with Crippen LogP contribution in [0.25, 0.3) is 0 Å².